The van der Waals surface area contributed by atoms with Crippen molar-refractivity contribution in [2.24, 2.45) is 11.7 Å². The lowest BCUT2D eigenvalue weighted by molar-refractivity contribution is -0.127. The molecule has 2 amide bonds. The zero-order chi connectivity index (χ0) is 19.3. The third-order valence-corrected chi connectivity index (χ3v) is 4.73. The Labute approximate surface area is 178 Å². The highest BCUT2D eigenvalue weighted by atomic mass is 35.5. The minimum absolute atomic E-state index is 0. The lowest BCUT2D eigenvalue weighted by atomic mass is 10.0. The van der Waals surface area contributed by atoms with Gasteiger partial charge in [0.25, 0.3) is 0 Å². The minimum atomic E-state index is -0.616. The first-order valence-electron chi connectivity index (χ1n) is 9.11. The molecule has 9 heteroatoms. The summed E-state index contributed by atoms with van der Waals surface area (Å²) in [5.41, 5.74) is 7.63. The molecule has 0 bridgehead atoms. The number of carbonyl (C=O) groups excluding carboxylic acids is 2. The topological polar surface area (TPSA) is 87.5 Å². The second-order valence-corrected chi connectivity index (χ2v) is 7.27. The van der Waals surface area contributed by atoms with Crippen LogP contribution in [0.3, 0.4) is 0 Å². The van der Waals surface area contributed by atoms with Gasteiger partial charge in [-0.2, -0.15) is 0 Å². The van der Waals surface area contributed by atoms with E-state index in [9.17, 15) is 14.0 Å². The van der Waals surface area contributed by atoms with Crippen molar-refractivity contribution in [3.63, 3.8) is 0 Å². The van der Waals surface area contributed by atoms with E-state index in [0.29, 0.717) is 6.54 Å². The first-order chi connectivity index (χ1) is 12.3. The van der Waals surface area contributed by atoms with Crippen LogP contribution in [0.1, 0.15) is 32.3 Å². The maximum absolute atomic E-state index is 13.3. The number of hydrogen-bond donors (Lipinski definition) is 3. The van der Waals surface area contributed by atoms with E-state index >= 15 is 0 Å². The molecule has 1 aromatic carbocycles. The highest BCUT2D eigenvalue weighted by molar-refractivity contribution is 5.87. The minimum Gasteiger partial charge on any atom is -0.369 e. The molecule has 0 radical (unpaired) electrons. The fourth-order valence-electron chi connectivity index (χ4n) is 3.15. The summed E-state index contributed by atoms with van der Waals surface area (Å²) in [6, 6.07) is 4.14. The summed E-state index contributed by atoms with van der Waals surface area (Å²) in [6.45, 7) is 7.06. The molecular formula is C19H31Cl2FN4O2. The predicted molar refractivity (Wildman–Crippen MR) is 115 cm³/mol. The number of piperidine rings is 1. The highest BCUT2D eigenvalue weighted by Crippen LogP contribution is 2.24. The molecular weight excluding hydrogens is 406 g/mol. The Balaban J connectivity index is 0.00000364. The standard InChI is InChI=1S/C19H29FN4O2.2ClH/c1-12(2)18(21)19(26)22-10-17(25)23-15-5-4-8-24(11-15)16-7-6-14(20)9-13(16)3;;/h6-7,9,12,15,18H,4-5,8,10-11,21H2,1-3H3,(H,22,26)(H,23,25);2*1H/t15?,18-;;/m0../s1. The van der Waals surface area contributed by atoms with Crippen LogP contribution in [0.4, 0.5) is 10.1 Å². The summed E-state index contributed by atoms with van der Waals surface area (Å²) in [4.78, 5) is 26.1. The van der Waals surface area contributed by atoms with E-state index in [2.05, 4.69) is 15.5 Å². The van der Waals surface area contributed by atoms with Crippen molar-refractivity contribution in [3.8, 4) is 0 Å². The van der Waals surface area contributed by atoms with Gasteiger partial charge in [-0.1, -0.05) is 13.8 Å². The number of nitrogens with two attached hydrogens (primary N) is 1. The lowest BCUT2D eigenvalue weighted by Crippen LogP contribution is -2.52. The van der Waals surface area contributed by atoms with Crippen molar-refractivity contribution >= 4 is 42.3 Å². The molecule has 6 nitrogen and oxygen atoms in total. The average molecular weight is 437 g/mol. The van der Waals surface area contributed by atoms with Crippen LogP contribution in [-0.4, -0.2) is 43.5 Å². The highest BCUT2D eigenvalue weighted by Gasteiger charge is 2.23. The second-order valence-electron chi connectivity index (χ2n) is 7.27. The van der Waals surface area contributed by atoms with Crippen LogP contribution in [0, 0.1) is 18.7 Å². The normalized spacial score (nSPS) is 17.2. The molecule has 28 heavy (non-hydrogen) atoms. The van der Waals surface area contributed by atoms with Gasteiger partial charge in [-0.05, 0) is 49.4 Å². The quantitative estimate of drug-likeness (QED) is 0.637. The van der Waals surface area contributed by atoms with Crippen LogP contribution in [0.25, 0.3) is 0 Å². The number of nitrogens with zero attached hydrogens (tertiary/aromatic N) is 1. The van der Waals surface area contributed by atoms with Gasteiger partial charge in [-0.25, -0.2) is 4.39 Å². The average Bonchev–Trinajstić information content (AvgIpc) is 2.59. The van der Waals surface area contributed by atoms with E-state index < -0.39 is 6.04 Å². The predicted octanol–water partition coefficient (Wildman–Crippen LogP) is 2.16. The summed E-state index contributed by atoms with van der Waals surface area (Å²) in [5, 5.41) is 5.54. The molecule has 0 saturated carbocycles. The molecule has 0 spiro atoms. The van der Waals surface area contributed by atoms with E-state index in [1.54, 1.807) is 6.07 Å². The number of benzene rings is 1. The molecule has 0 aromatic heterocycles. The second kappa shape index (κ2) is 12.1. The third-order valence-electron chi connectivity index (χ3n) is 4.73. The molecule has 4 N–H and O–H groups in total. The van der Waals surface area contributed by atoms with Crippen molar-refractivity contribution in [3.05, 3.63) is 29.6 Å². The van der Waals surface area contributed by atoms with Gasteiger partial charge in [0.1, 0.15) is 5.82 Å². The van der Waals surface area contributed by atoms with Crippen molar-refractivity contribution in [1.82, 2.24) is 10.6 Å². The Morgan fingerprint density at radius 3 is 2.61 bits per heavy atom. The number of rotatable bonds is 6. The van der Waals surface area contributed by atoms with Crippen molar-refractivity contribution < 1.29 is 14.0 Å². The Morgan fingerprint density at radius 1 is 1.32 bits per heavy atom. The third kappa shape index (κ3) is 7.45. The van der Waals surface area contributed by atoms with Crippen LogP contribution < -0.4 is 21.3 Å². The molecule has 1 aliphatic heterocycles. The SMILES string of the molecule is Cc1cc(F)ccc1N1CCCC(NC(=O)CNC(=O)[C@@H](N)C(C)C)C1.Cl.Cl. The van der Waals surface area contributed by atoms with Gasteiger partial charge >= 0.3 is 0 Å². The molecule has 2 rings (SSSR count). The summed E-state index contributed by atoms with van der Waals surface area (Å²) in [5.74, 6) is -0.772. The van der Waals surface area contributed by atoms with Crippen LogP contribution in [-0.2, 0) is 9.59 Å². The van der Waals surface area contributed by atoms with Crippen LogP contribution in [0.5, 0.6) is 0 Å². The number of aryl methyl sites for hydroxylation is 1. The number of carbonyl (C=O) groups is 2. The zero-order valence-corrected chi connectivity index (χ0v) is 18.2. The summed E-state index contributed by atoms with van der Waals surface area (Å²) < 4.78 is 13.3. The monoisotopic (exact) mass is 436 g/mol. The van der Waals surface area contributed by atoms with Gasteiger partial charge in [0.05, 0.1) is 12.6 Å². The molecule has 1 aliphatic rings. The van der Waals surface area contributed by atoms with Crippen LogP contribution >= 0.6 is 24.8 Å². The molecule has 2 atom stereocenters. The number of halogens is 3. The number of anilines is 1. The van der Waals surface area contributed by atoms with E-state index in [1.165, 1.54) is 12.1 Å². The Kier molecular flexibility index (Phi) is 11.4. The molecule has 160 valence electrons. The maximum Gasteiger partial charge on any atom is 0.239 e. The Bertz CT molecular complexity index is 661. The first kappa shape index (κ1) is 26.4. The van der Waals surface area contributed by atoms with Gasteiger partial charge in [-0.15, -0.1) is 24.8 Å². The van der Waals surface area contributed by atoms with E-state index in [1.807, 2.05) is 20.8 Å². The summed E-state index contributed by atoms with van der Waals surface area (Å²) >= 11 is 0. The largest absolute Gasteiger partial charge is 0.369 e. The number of nitrogens with one attached hydrogen (secondary N) is 2. The molecule has 1 heterocycles. The van der Waals surface area contributed by atoms with Gasteiger partial charge in [0.15, 0.2) is 0 Å². The van der Waals surface area contributed by atoms with Crippen LogP contribution in [0.2, 0.25) is 0 Å². The van der Waals surface area contributed by atoms with Gasteiger partial charge < -0.3 is 21.3 Å². The molecule has 1 saturated heterocycles. The molecule has 1 aromatic rings. The summed E-state index contributed by atoms with van der Waals surface area (Å²) in [6.07, 6.45) is 1.81. The molecule has 0 aliphatic carbocycles. The molecule has 1 fully saturated rings. The fourth-order valence-corrected chi connectivity index (χ4v) is 3.15. The maximum atomic E-state index is 13.3. The smallest absolute Gasteiger partial charge is 0.239 e. The van der Waals surface area contributed by atoms with E-state index in [4.69, 9.17) is 5.73 Å². The molecule has 1 unspecified atom stereocenters. The first-order valence-corrected chi connectivity index (χ1v) is 9.11. The van der Waals surface area contributed by atoms with Gasteiger partial charge in [-0.3, -0.25) is 9.59 Å². The number of hydrogen-bond acceptors (Lipinski definition) is 4. The van der Waals surface area contributed by atoms with E-state index in [0.717, 1.165) is 30.6 Å². The van der Waals surface area contributed by atoms with Crippen molar-refractivity contribution in [2.45, 2.75) is 45.7 Å². The van der Waals surface area contributed by atoms with E-state index in [-0.39, 0.29) is 61.0 Å². The Morgan fingerprint density at radius 2 is 2.00 bits per heavy atom. The van der Waals surface area contributed by atoms with Crippen molar-refractivity contribution in [1.29, 1.82) is 0 Å². The Hall–Kier alpha value is -1.57. The van der Waals surface area contributed by atoms with Crippen LogP contribution in [0.15, 0.2) is 18.2 Å². The lowest BCUT2D eigenvalue weighted by Gasteiger charge is -2.35. The van der Waals surface area contributed by atoms with Gasteiger partial charge in [0, 0.05) is 24.8 Å². The van der Waals surface area contributed by atoms with Crippen molar-refractivity contribution in [2.75, 3.05) is 24.5 Å². The zero-order valence-electron chi connectivity index (χ0n) is 16.5. The van der Waals surface area contributed by atoms with Gasteiger partial charge in [0.2, 0.25) is 11.8 Å². The summed E-state index contributed by atoms with van der Waals surface area (Å²) in [7, 11) is 0. The number of amides is 2. The fraction of sp³-hybridized carbons (Fsp3) is 0.579.